The minimum absolute atomic E-state index is 0.0320. The number of benzene rings is 1. The minimum atomic E-state index is -0.772. The molecule has 0 saturated carbocycles. The molecular weight excluding hydrogens is 478 g/mol. The Morgan fingerprint density at radius 3 is 2.44 bits per heavy atom. The van der Waals surface area contributed by atoms with Crippen LogP contribution in [0.1, 0.15) is 47.5 Å². The van der Waals surface area contributed by atoms with Crippen LogP contribution in [0.3, 0.4) is 0 Å². The zero-order chi connectivity index (χ0) is 26.2. The van der Waals surface area contributed by atoms with E-state index in [-0.39, 0.29) is 42.2 Å². The Bertz CT molecular complexity index is 982. The summed E-state index contributed by atoms with van der Waals surface area (Å²) in [5, 5.41) is 13.3. The van der Waals surface area contributed by atoms with Gasteiger partial charge in [-0.3, -0.25) is 14.4 Å². The molecule has 9 heteroatoms. The van der Waals surface area contributed by atoms with Crippen molar-refractivity contribution in [3.63, 3.8) is 0 Å². The first kappa shape index (κ1) is 26.8. The lowest BCUT2D eigenvalue weighted by molar-refractivity contribution is -0.154. The summed E-state index contributed by atoms with van der Waals surface area (Å²) < 4.78 is 4.66. The van der Waals surface area contributed by atoms with Crippen molar-refractivity contribution in [1.82, 2.24) is 4.90 Å². The number of nitrogens with zero attached hydrogens (tertiary/aromatic N) is 2. The summed E-state index contributed by atoms with van der Waals surface area (Å²) in [6.45, 7) is 11.6. The third-order valence-electron chi connectivity index (χ3n) is 8.12. The van der Waals surface area contributed by atoms with Crippen molar-refractivity contribution in [2.45, 2.75) is 69.5 Å². The van der Waals surface area contributed by atoms with Crippen molar-refractivity contribution in [2.75, 3.05) is 36.5 Å². The lowest BCUT2D eigenvalue weighted by Crippen LogP contribution is -2.56. The molecule has 1 spiro atoms. The molecule has 3 aliphatic rings. The summed E-state index contributed by atoms with van der Waals surface area (Å²) in [7, 11) is 0. The molecule has 198 valence electrons. The molecule has 36 heavy (non-hydrogen) atoms. The van der Waals surface area contributed by atoms with Crippen molar-refractivity contribution in [3.8, 4) is 0 Å². The number of carbonyl (C=O) groups is 3. The number of thioether (sulfide) groups is 1. The van der Waals surface area contributed by atoms with Crippen LogP contribution < -0.4 is 10.2 Å². The van der Waals surface area contributed by atoms with E-state index in [0.717, 1.165) is 25.2 Å². The van der Waals surface area contributed by atoms with Gasteiger partial charge in [-0.05, 0) is 63.8 Å². The van der Waals surface area contributed by atoms with Crippen LogP contribution in [0.2, 0.25) is 0 Å². The van der Waals surface area contributed by atoms with Crippen LogP contribution in [0.25, 0.3) is 0 Å². The smallest absolute Gasteiger partial charge is 0.310 e. The van der Waals surface area contributed by atoms with E-state index in [1.807, 2.05) is 38.1 Å². The monoisotopic (exact) mass is 517 g/mol. The number of amides is 2. The number of rotatable bonds is 10. The van der Waals surface area contributed by atoms with Crippen LogP contribution in [0, 0.1) is 17.8 Å². The predicted octanol–water partition coefficient (Wildman–Crippen LogP) is 3.14. The van der Waals surface area contributed by atoms with Gasteiger partial charge in [-0.15, -0.1) is 11.8 Å². The summed E-state index contributed by atoms with van der Waals surface area (Å²) >= 11 is 1.61. The van der Waals surface area contributed by atoms with E-state index in [9.17, 15) is 19.5 Å². The molecule has 2 amide bonds. The third-order valence-corrected chi connectivity index (χ3v) is 10.1. The van der Waals surface area contributed by atoms with Gasteiger partial charge >= 0.3 is 5.97 Å². The highest BCUT2D eigenvalue weighted by molar-refractivity contribution is 8.02. The Kier molecular flexibility index (Phi) is 7.90. The van der Waals surface area contributed by atoms with Gasteiger partial charge in [-0.1, -0.05) is 13.8 Å². The van der Waals surface area contributed by atoms with E-state index in [2.05, 4.69) is 24.1 Å². The largest absolute Gasteiger partial charge is 0.466 e. The van der Waals surface area contributed by atoms with Crippen LogP contribution in [0.4, 0.5) is 11.4 Å². The fourth-order valence-corrected chi connectivity index (χ4v) is 8.62. The number of hydrogen-bond acceptors (Lipinski definition) is 7. The number of hydrogen-bond donors (Lipinski definition) is 2. The van der Waals surface area contributed by atoms with Gasteiger partial charge in [0.1, 0.15) is 6.04 Å². The molecule has 3 saturated heterocycles. The molecule has 3 aliphatic heterocycles. The molecule has 6 atom stereocenters. The summed E-state index contributed by atoms with van der Waals surface area (Å²) in [6, 6.07) is 6.45. The van der Waals surface area contributed by atoms with E-state index in [1.165, 1.54) is 0 Å². The summed E-state index contributed by atoms with van der Waals surface area (Å²) in [5.74, 6) is -2.06. The highest BCUT2D eigenvalue weighted by Gasteiger charge is 2.74. The maximum atomic E-state index is 14.0. The fraction of sp³-hybridized carbons (Fsp3) is 0.667. The summed E-state index contributed by atoms with van der Waals surface area (Å²) in [4.78, 5) is 44.7. The number of esters is 1. The zero-order valence-electron chi connectivity index (χ0n) is 21.9. The number of likely N-dealkylation sites (tertiary alicyclic amines) is 1. The van der Waals surface area contributed by atoms with Crippen LogP contribution in [0.15, 0.2) is 24.3 Å². The summed E-state index contributed by atoms with van der Waals surface area (Å²) in [6.07, 6.45) is 1.44. The van der Waals surface area contributed by atoms with E-state index >= 15 is 0 Å². The number of aliphatic hydroxyl groups excluding tert-OH is 1. The minimum Gasteiger partial charge on any atom is -0.466 e. The van der Waals surface area contributed by atoms with Crippen LogP contribution in [-0.2, 0) is 19.1 Å². The molecule has 2 unspecified atom stereocenters. The molecule has 0 aliphatic carbocycles. The number of ether oxygens (including phenoxy) is 1. The van der Waals surface area contributed by atoms with Crippen LogP contribution in [-0.4, -0.2) is 76.2 Å². The van der Waals surface area contributed by atoms with Crippen LogP contribution >= 0.6 is 11.8 Å². The normalized spacial score (nSPS) is 29.4. The Morgan fingerprint density at radius 1 is 1.22 bits per heavy atom. The second-order valence-corrected chi connectivity index (χ2v) is 11.9. The number of nitrogens with one attached hydrogen (secondary N) is 1. The predicted molar refractivity (Wildman–Crippen MR) is 142 cm³/mol. The highest BCUT2D eigenvalue weighted by Crippen LogP contribution is 2.67. The van der Waals surface area contributed by atoms with Gasteiger partial charge in [-0.2, -0.15) is 0 Å². The number of aliphatic hydroxyl groups is 1. The first-order chi connectivity index (χ1) is 17.2. The molecule has 3 fully saturated rings. The van der Waals surface area contributed by atoms with Crippen molar-refractivity contribution in [1.29, 1.82) is 0 Å². The first-order valence-corrected chi connectivity index (χ1v) is 14.0. The second kappa shape index (κ2) is 10.6. The Labute approximate surface area is 218 Å². The van der Waals surface area contributed by atoms with Gasteiger partial charge in [0.15, 0.2) is 0 Å². The van der Waals surface area contributed by atoms with Gasteiger partial charge in [-0.25, -0.2) is 0 Å². The van der Waals surface area contributed by atoms with Crippen molar-refractivity contribution in [2.24, 2.45) is 17.8 Å². The maximum absolute atomic E-state index is 14.0. The molecule has 0 aromatic heterocycles. The van der Waals surface area contributed by atoms with Crippen molar-refractivity contribution >= 4 is 40.9 Å². The quantitative estimate of drug-likeness (QED) is 0.460. The Hall–Kier alpha value is -2.26. The zero-order valence-corrected chi connectivity index (χ0v) is 22.7. The molecule has 0 radical (unpaired) electrons. The van der Waals surface area contributed by atoms with E-state index < -0.39 is 28.7 Å². The van der Waals surface area contributed by atoms with E-state index in [4.69, 9.17) is 4.74 Å². The van der Waals surface area contributed by atoms with Gasteiger partial charge in [0.05, 0.1) is 35.8 Å². The number of fused-ring (bicyclic) bond motifs is 1. The average Bonchev–Trinajstić information content (AvgIpc) is 3.49. The molecule has 4 rings (SSSR count). The second-order valence-electron chi connectivity index (χ2n) is 10.3. The molecule has 1 aromatic carbocycles. The van der Waals surface area contributed by atoms with Crippen molar-refractivity contribution in [3.05, 3.63) is 24.3 Å². The molecule has 1 aromatic rings. The Balaban J connectivity index is 1.68. The lowest BCUT2D eigenvalue weighted by Gasteiger charge is -2.38. The molecule has 2 N–H and O–H groups in total. The fourth-order valence-electron chi connectivity index (χ4n) is 6.43. The topological polar surface area (TPSA) is 99.2 Å². The van der Waals surface area contributed by atoms with Gasteiger partial charge in [0, 0.05) is 29.7 Å². The highest BCUT2D eigenvalue weighted by atomic mass is 32.2. The van der Waals surface area contributed by atoms with E-state index in [1.54, 1.807) is 23.6 Å². The number of anilines is 2. The lowest BCUT2D eigenvalue weighted by atomic mass is 9.71. The molecule has 2 bridgehead atoms. The Morgan fingerprint density at radius 2 is 1.89 bits per heavy atom. The van der Waals surface area contributed by atoms with Gasteiger partial charge < -0.3 is 25.0 Å². The standard InChI is InChI=1S/C27H39N3O5S/c1-6-29(7-2)18-11-9-17(10-12-18)28-24(32)23-27-14-13-20(36-27)21(26(34)35-8-3)22(27)25(33)30(23)19(15-31)16(4)5/h9-12,16,19-23,31H,6-8,13-15H2,1-5H3,(H,28,32)/t19-,20-,21+,22-,23?,27?/m0/s1. The third kappa shape index (κ3) is 4.28. The molecule has 3 heterocycles. The molecule has 8 nitrogen and oxygen atoms in total. The summed E-state index contributed by atoms with van der Waals surface area (Å²) in [5.41, 5.74) is 1.74. The maximum Gasteiger partial charge on any atom is 0.310 e. The van der Waals surface area contributed by atoms with Gasteiger partial charge in [0.2, 0.25) is 11.8 Å². The molecular formula is C27H39N3O5S. The van der Waals surface area contributed by atoms with Crippen molar-refractivity contribution < 1.29 is 24.2 Å². The SMILES string of the molecule is CCOC(=O)[C@@H]1[C@@H]2CCC3(S2)C(C(=O)Nc2ccc(N(CC)CC)cc2)N([C@@H](CO)C(C)C)C(=O)[C@H]13. The van der Waals surface area contributed by atoms with Crippen LogP contribution in [0.5, 0.6) is 0 Å². The number of carbonyl (C=O) groups excluding carboxylic acids is 3. The van der Waals surface area contributed by atoms with E-state index in [0.29, 0.717) is 12.1 Å². The average molecular weight is 518 g/mol. The first-order valence-electron chi connectivity index (χ1n) is 13.2. The van der Waals surface area contributed by atoms with Gasteiger partial charge in [0.25, 0.3) is 0 Å².